The third-order valence-electron chi connectivity index (χ3n) is 14.7. The van der Waals surface area contributed by atoms with Crippen LogP contribution in [0.3, 0.4) is 0 Å². The van der Waals surface area contributed by atoms with Crippen LogP contribution in [-0.2, 0) is 18.4 Å². The Morgan fingerprint density at radius 1 is 0.458 bits per heavy atom. The van der Waals surface area contributed by atoms with E-state index in [9.17, 15) is 19.4 Å². The van der Waals surface area contributed by atoms with E-state index in [-0.39, 0.29) is 19.1 Å². The molecule has 0 bridgehead atoms. The van der Waals surface area contributed by atoms with Gasteiger partial charge in [-0.25, -0.2) is 4.57 Å². The average molecular weight is 1040 g/mol. The molecule has 0 saturated carbocycles. The second-order valence-corrected chi connectivity index (χ2v) is 24.6. The maximum absolute atomic E-state index is 13.0. The van der Waals surface area contributed by atoms with Crippen LogP contribution in [0.4, 0.5) is 0 Å². The lowest BCUT2D eigenvalue weighted by Crippen LogP contribution is -2.45. The van der Waals surface area contributed by atoms with E-state index < -0.39 is 20.0 Å². The smallest absolute Gasteiger partial charge is 0.387 e. The number of nitrogens with one attached hydrogen (secondary N) is 1. The van der Waals surface area contributed by atoms with Crippen molar-refractivity contribution in [1.82, 2.24) is 5.32 Å². The molecule has 0 saturated heterocycles. The highest BCUT2D eigenvalue weighted by Crippen LogP contribution is 2.43. The van der Waals surface area contributed by atoms with Crippen LogP contribution in [0.15, 0.2) is 24.3 Å². The Morgan fingerprint density at radius 2 is 0.764 bits per heavy atom. The van der Waals surface area contributed by atoms with Gasteiger partial charge < -0.3 is 19.8 Å². The zero-order chi connectivity index (χ0) is 52.7. The number of aliphatic hydroxyl groups is 1. The molecule has 3 N–H and O–H groups in total. The highest BCUT2D eigenvalue weighted by Gasteiger charge is 2.27. The minimum absolute atomic E-state index is 0.0589. The van der Waals surface area contributed by atoms with Crippen LogP contribution in [0, 0.1) is 0 Å². The number of hydrogen-bond donors (Lipinski definition) is 3. The summed E-state index contributed by atoms with van der Waals surface area (Å²) in [7, 11) is 1.57. The van der Waals surface area contributed by atoms with Crippen molar-refractivity contribution in [3.05, 3.63) is 24.3 Å². The molecule has 0 aliphatic rings. The normalized spacial score (nSPS) is 13.9. The Morgan fingerprint density at radius 3 is 1.11 bits per heavy atom. The molecule has 428 valence electrons. The molecule has 3 atom stereocenters. The fourth-order valence-electron chi connectivity index (χ4n) is 9.71. The van der Waals surface area contributed by atoms with Gasteiger partial charge in [0.2, 0.25) is 5.91 Å². The quantitative estimate of drug-likeness (QED) is 0.0243. The molecule has 0 aliphatic carbocycles. The number of quaternary nitrogens is 1. The summed E-state index contributed by atoms with van der Waals surface area (Å²) in [5.41, 5.74) is 0. The molecule has 0 spiro atoms. The molecule has 0 fully saturated rings. The summed E-state index contributed by atoms with van der Waals surface area (Å²) in [6.45, 7) is 4.85. The Labute approximate surface area is 449 Å². The number of carbonyl (C=O) groups is 1. The maximum atomic E-state index is 13.0. The minimum Gasteiger partial charge on any atom is -0.387 e. The summed E-state index contributed by atoms with van der Waals surface area (Å²) < 4.78 is 23.7. The van der Waals surface area contributed by atoms with Gasteiger partial charge in [0, 0.05) is 6.42 Å². The van der Waals surface area contributed by atoms with Gasteiger partial charge in [0.25, 0.3) is 0 Å². The van der Waals surface area contributed by atoms with Crippen LogP contribution in [0.5, 0.6) is 0 Å². The minimum atomic E-state index is -4.35. The van der Waals surface area contributed by atoms with Crippen LogP contribution in [0.2, 0.25) is 0 Å². The molecular weight excluding hydrogens is 912 g/mol. The number of phosphoric acid groups is 1. The number of carbonyl (C=O) groups excluding carboxylic acids is 1. The van der Waals surface area contributed by atoms with E-state index in [1.807, 2.05) is 27.2 Å². The molecule has 72 heavy (non-hydrogen) atoms. The summed E-state index contributed by atoms with van der Waals surface area (Å²) in [5.74, 6) is -0.180. The second kappa shape index (κ2) is 54.8. The van der Waals surface area contributed by atoms with Crippen molar-refractivity contribution in [2.24, 2.45) is 0 Å². The molecule has 1 amide bonds. The first-order chi connectivity index (χ1) is 35.0. The van der Waals surface area contributed by atoms with Crippen molar-refractivity contribution in [3.63, 3.8) is 0 Å². The molecule has 9 heteroatoms. The Hall–Kier alpha value is -1.02. The second-order valence-electron chi connectivity index (χ2n) is 23.1. The number of amides is 1. The molecule has 0 radical (unpaired) electrons. The summed E-state index contributed by atoms with van der Waals surface area (Å²) in [6, 6.07) is -0.860. The number of likely N-dealkylation sites (N-methyl/N-ethyl adjacent to an activating group) is 1. The Bertz CT molecular complexity index is 1220. The standard InChI is InChI=1S/C63H125N2O6P/c1-6-8-10-12-14-16-18-20-22-24-26-27-28-29-30-31-32-33-34-35-36-37-38-39-40-42-44-46-48-50-52-54-56-62(66)61(60-71-72(68,69)70-59-58-65(3,4)5)64-63(67)57-55-53-51-49-47-45-43-41-25-23-21-19-17-15-13-11-9-7-2/h46,48,54,56,61-62,66H,6-45,47,49-53,55,57-60H2,1-5H3,(H-,64,67,68,69)/p+1/b48-46+,56-54+. The van der Waals surface area contributed by atoms with Gasteiger partial charge in [-0.1, -0.05) is 308 Å². The first-order valence-corrected chi connectivity index (χ1v) is 33.2. The van der Waals surface area contributed by atoms with Gasteiger partial charge in [0.05, 0.1) is 39.9 Å². The topological polar surface area (TPSA) is 105 Å². The molecular formula is C63H126N2O6P+. The lowest BCUT2D eigenvalue weighted by molar-refractivity contribution is -0.870. The molecule has 0 aliphatic heterocycles. The van der Waals surface area contributed by atoms with Gasteiger partial charge in [-0.3, -0.25) is 13.8 Å². The van der Waals surface area contributed by atoms with Crippen LogP contribution >= 0.6 is 7.82 Å². The van der Waals surface area contributed by atoms with Crippen LogP contribution < -0.4 is 5.32 Å². The highest BCUT2D eigenvalue weighted by atomic mass is 31.2. The molecule has 0 aromatic carbocycles. The van der Waals surface area contributed by atoms with E-state index in [1.165, 1.54) is 263 Å². The van der Waals surface area contributed by atoms with Gasteiger partial charge in [0.1, 0.15) is 13.2 Å². The van der Waals surface area contributed by atoms with E-state index in [0.29, 0.717) is 17.4 Å². The number of unbranched alkanes of at least 4 members (excludes halogenated alkanes) is 44. The number of phosphoric ester groups is 1. The fourth-order valence-corrected chi connectivity index (χ4v) is 10.4. The monoisotopic (exact) mass is 1040 g/mol. The largest absolute Gasteiger partial charge is 0.472 e. The molecule has 8 nitrogen and oxygen atoms in total. The van der Waals surface area contributed by atoms with Crippen molar-refractivity contribution in [3.8, 4) is 0 Å². The number of allylic oxidation sites excluding steroid dienone is 3. The third-order valence-corrected chi connectivity index (χ3v) is 15.7. The zero-order valence-electron chi connectivity index (χ0n) is 48.9. The molecule has 0 aromatic heterocycles. The van der Waals surface area contributed by atoms with Crippen LogP contribution in [-0.4, -0.2) is 73.4 Å². The van der Waals surface area contributed by atoms with E-state index in [1.54, 1.807) is 6.08 Å². The Balaban J connectivity index is 4.10. The maximum Gasteiger partial charge on any atom is 0.472 e. The number of nitrogens with zero attached hydrogens (tertiary/aromatic N) is 1. The predicted octanol–water partition coefficient (Wildman–Crippen LogP) is 19.5. The predicted molar refractivity (Wildman–Crippen MR) is 314 cm³/mol. The summed E-state index contributed by atoms with van der Waals surface area (Å²) in [4.78, 5) is 23.3. The number of hydrogen-bond acceptors (Lipinski definition) is 5. The first kappa shape index (κ1) is 71.0. The third kappa shape index (κ3) is 56.7. The number of aliphatic hydroxyl groups excluding tert-OH is 1. The highest BCUT2D eigenvalue weighted by molar-refractivity contribution is 7.47. The van der Waals surface area contributed by atoms with Gasteiger partial charge in [-0.2, -0.15) is 0 Å². The number of rotatable bonds is 59. The van der Waals surface area contributed by atoms with E-state index in [4.69, 9.17) is 9.05 Å². The van der Waals surface area contributed by atoms with Crippen molar-refractivity contribution in [1.29, 1.82) is 0 Å². The summed E-state index contributed by atoms with van der Waals surface area (Å²) in [5, 5.41) is 13.9. The first-order valence-electron chi connectivity index (χ1n) is 31.7. The van der Waals surface area contributed by atoms with E-state index in [0.717, 1.165) is 38.5 Å². The molecule has 0 rings (SSSR count). The van der Waals surface area contributed by atoms with Gasteiger partial charge in [-0.15, -0.1) is 0 Å². The van der Waals surface area contributed by atoms with E-state index >= 15 is 0 Å². The fraction of sp³-hybridized carbons (Fsp3) is 0.921. The summed E-state index contributed by atoms with van der Waals surface area (Å²) >= 11 is 0. The van der Waals surface area contributed by atoms with E-state index in [2.05, 4.69) is 31.3 Å². The van der Waals surface area contributed by atoms with Crippen molar-refractivity contribution >= 4 is 13.7 Å². The summed E-state index contributed by atoms with van der Waals surface area (Å²) in [6.07, 6.45) is 70.3. The lowest BCUT2D eigenvalue weighted by Gasteiger charge is -2.25. The zero-order valence-corrected chi connectivity index (χ0v) is 49.8. The Kier molecular flexibility index (Phi) is 54.0. The molecule has 0 aromatic rings. The van der Waals surface area contributed by atoms with Crippen molar-refractivity contribution in [2.45, 2.75) is 334 Å². The van der Waals surface area contributed by atoms with Crippen LogP contribution in [0.1, 0.15) is 322 Å². The van der Waals surface area contributed by atoms with Gasteiger partial charge in [-0.05, 0) is 32.1 Å². The molecule has 0 heterocycles. The van der Waals surface area contributed by atoms with Gasteiger partial charge in [0.15, 0.2) is 0 Å². The van der Waals surface area contributed by atoms with Gasteiger partial charge >= 0.3 is 7.82 Å². The molecule has 3 unspecified atom stereocenters. The SMILES string of the molecule is CCCCCCCCCCCCCCCCCCCCCCCCCCCC/C=C/CC/C=C/C(O)C(COP(=O)(O)OCC[N+](C)(C)C)NC(=O)CCCCCCCCCCCCCCCCCCCC. The lowest BCUT2D eigenvalue weighted by atomic mass is 10.0. The van der Waals surface area contributed by atoms with Crippen LogP contribution in [0.25, 0.3) is 0 Å². The average Bonchev–Trinajstić information content (AvgIpc) is 3.34. The van der Waals surface area contributed by atoms with Crippen molar-refractivity contribution < 1.29 is 32.9 Å². The van der Waals surface area contributed by atoms with Crippen molar-refractivity contribution in [2.75, 3.05) is 40.9 Å².